The van der Waals surface area contributed by atoms with Crippen molar-refractivity contribution in [1.82, 2.24) is 4.90 Å². The second kappa shape index (κ2) is 1.88. The summed E-state index contributed by atoms with van der Waals surface area (Å²) in [4.78, 5) is 22.2. The van der Waals surface area contributed by atoms with Crippen LogP contribution in [0.3, 0.4) is 0 Å². The summed E-state index contributed by atoms with van der Waals surface area (Å²) in [5.41, 5.74) is 0. The van der Waals surface area contributed by atoms with E-state index in [-0.39, 0.29) is 25.7 Å². The number of imide groups is 1. The number of amides is 2. The summed E-state index contributed by atoms with van der Waals surface area (Å²) in [7, 11) is 1.53. The second-order valence-corrected chi connectivity index (χ2v) is 3.45. The molecule has 0 radical (unpaired) electrons. The predicted octanol–water partition coefficient (Wildman–Crippen LogP) is -0.299. The van der Waals surface area contributed by atoms with Gasteiger partial charge in [0.25, 0.3) is 0 Å². The zero-order chi connectivity index (χ0) is 6.15. The van der Waals surface area contributed by atoms with Crippen LogP contribution < -0.4 is 0 Å². The number of hydrogen-bond donors (Lipinski definition) is 0. The maximum atomic E-state index is 10.5. The van der Waals surface area contributed by atoms with Gasteiger partial charge in [-0.2, -0.15) is 0 Å². The van der Waals surface area contributed by atoms with Crippen LogP contribution in [-0.2, 0) is 4.79 Å². The number of carbonyl (C=O) groups excluding carboxylic acids is 2. The van der Waals surface area contributed by atoms with Crippen LogP contribution in [-0.4, -0.2) is 37.6 Å². The van der Waals surface area contributed by atoms with Gasteiger partial charge < -0.3 is 0 Å². The van der Waals surface area contributed by atoms with Crippen LogP contribution >= 0.6 is 0 Å². The van der Waals surface area contributed by atoms with Crippen molar-refractivity contribution in [2.45, 2.75) is 5.32 Å². The third kappa shape index (κ3) is 0.767. The summed E-state index contributed by atoms with van der Waals surface area (Å²) in [6, 6.07) is 0. The van der Waals surface area contributed by atoms with Crippen LogP contribution in [0.4, 0.5) is 4.79 Å². The topological polar surface area (TPSA) is 37.4 Å². The molecule has 0 bridgehead atoms. The maximum absolute atomic E-state index is 10.5. The summed E-state index contributed by atoms with van der Waals surface area (Å²) in [5, 5.41) is 0.461. The summed E-state index contributed by atoms with van der Waals surface area (Å²) >= 11 is -0.0914. The van der Waals surface area contributed by atoms with E-state index in [0.29, 0.717) is 5.32 Å². The number of hydrogen-bond acceptors (Lipinski definition) is 2. The van der Waals surface area contributed by atoms with Gasteiger partial charge in [-0.3, -0.25) is 0 Å². The predicted molar refractivity (Wildman–Crippen MR) is 28.7 cm³/mol. The van der Waals surface area contributed by atoms with E-state index in [1.165, 1.54) is 11.9 Å². The minimum absolute atomic E-state index is 0.00231. The Bertz CT molecular complexity index is 129. The molecule has 4 heteroatoms. The van der Waals surface area contributed by atoms with Crippen LogP contribution in [0, 0.1) is 0 Å². The molecule has 2 amide bonds. The van der Waals surface area contributed by atoms with Gasteiger partial charge in [-0.15, -0.1) is 0 Å². The van der Waals surface area contributed by atoms with Crippen molar-refractivity contribution in [2.75, 3.05) is 7.05 Å². The van der Waals surface area contributed by atoms with E-state index in [0.717, 1.165) is 0 Å². The molecule has 1 rings (SSSR count). The zero-order valence-corrected chi connectivity index (χ0v) is 6.09. The molecule has 0 aromatic heterocycles. The van der Waals surface area contributed by atoms with Crippen LogP contribution in [0.1, 0.15) is 0 Å². The average molecular weight is 178 g/mol. The van der Waals surface area contributed by atoms with Gasteiger partial charge in [0.05, 0.1) is 0 Å². The zero-order valence-electron chi connectivity index (χ0n) is 4.38. The first-order valence-electron chi connectivity index (χ1n) is 2.15. The summed E-state index contributed by atoms with van der Waals surface area (Å²) in [6.45, 7) is 0. The fourth-order valence-electron chi connectivity index (χ4n) is 0.419. The number of nitrogens with zero attached hydrogens (tertiary/aromatic N) is 1. The Morgan fingerprint density at radius 1 is 1.62 bits per heavy atom. The van der Waals surface area contributed by atoms with Crippen molar-refractivity contribution < 1.29 is 9.59 Å². The minimum atomic E-state index is -0.0914. The molecule has 44 valence electrons. The van der Waals surface area contributed by atoms with Crippen LogP contribution in [0.15, 0.2) is 0 Å². The van der Waals surface area contributed by atoms with Crippen molar-refractivity contribution in [3.8, 4) is 0 Å². The molecule has 1 fully saturated rings. The third-order valence-electron chi connectivity index (χ3n) is 0.967. The number of carbonyl (C=O) groups is 2. The molecule has 0 unspecified atom stereocenters. The molecule has 0 saturated carbocycles. The monoisotopic (exact) mass is 179 g/mol. The molecule has 1 heterocycles. The first-order chi connectivity index (χ1) is 3.72. The molecule has 0 spiro atoms. The normalized spacial score (nSPS) is 20.4. The molecule has 1 saturated heterocycles. The van der Waals surface area contributed by atoms with Crippen molar-refractivity contribution in [3.05, 3.63) is 0 Å². The Balaban J connectivity index is 2.70. The van der Waals surface area contributed by atoms with Crippen molar-refractivity contribution >= 4 is 25.7 Å². The first-order valence-corrected chi connectivity index (χ1v) is 4.22. The Morgan fingerprint density at radius 2 is 2.25 bits per heavy atom. The van der Waals surface area contributed by atoms with Gasteiger partial charge in [-0.05, 0) is 0 Å². The van der Waals surface area contributed by atoms with E-state index in [2.05, 4.69) is 0 Å². The van der Waals surface area contributed by atoms with E-state index in [4.69, 9.17) is 0 Å². The van der Waals surface area contributed by atoms with Crippen LogP contribution in [0.2, 0.25) is 5.32 Å². The Hall–Kier alpha value is -0.341. The SMILES string of the molecule is CN1C(=O)C[Se]C1=O. The molecule has 0 aromatic carbocycles. The molecule has 1 aliphatic rings. The second-order valence-electron chi connectivity index (χ2n) is 1.51. The van der Waals surface area contributed by atoms with Crippen molar-refractivity contribution in [2.24, 2.45) is 0 Å². The van der Waals surface area contributed by atoms with Gasteiger partial charge in [0.1, 0.15) is 0 Å². The van der Waals surface area contributed by atoms with Gasteiger partial charge in [0.2, 0.25) is 0 Å². The van der Waals surface area contributed by atoms with E-state index in [9.17, 15) is 9.59 Å². The van der Waals surface area contributed by atoms with Crippen LogP contribution in [0.25, 0.3) is 0 Å². The van der Waals surface area contributed by atoms with E-state index in [1.807, 2.05) is 0 Å². The standard InChI is InChI=1S/C4H5NO2Se/c1-5-3(6)2-8-4(5)7/h2H2,1H3. The molecule has 3 nitrogen and oxygen atoms in total. The van der Waals surface area contributed by atoms with E-state index < -0.39 is 0 Å². The van der Waals surface area contributed by atoms with Gasteiger partial charge in [0.15, 0.2) is 0 Å². The Labute approximate surface area is 53.2 Å². The Kier molecular flexibility index (Phi) is 1.36. The fraction of sp³-hybridized carbons (Fsp3) is 0.500. The molecule has 0 atom stereocenters. The molecule has 0 aliphatic carbocycles. The Morgan fingerprint density at radius 3 is 2.38 bits per heavy atom. The van der Waals surface area contributed by atoms with Crippen LogP contribution in [0.5, 0.6) is 0 Å². The molecule has 8 heavy (non-hydrogen) atoms. The summed E-state index contributed by atoms with van der Waals surface area (Å²) in [6.07, 6.45) is 0. The van der Waals surface area contributed by atoms with Gasteiger partial charge in [-0.1, -0.05) is 0 Å². The van der Waals surface area contributed by atoms with Crippen molar-refractivity contribution in [1.29, 1.82) is 0 Å². The van der Waals surface area contributed by atoms with Gasteiger partial charge in [0, 0.05) is 0 Å². The molecule has 0 aromatic rings. The summed E-state index contributed by atoms with van der Waals surface area (Å²) < 4.78 is 0. The van der Waals surface area contributed by atoms with E-state index >= 15 is 0 Å². The number of rotatable bonds is 0. The van der Waals surface area contributed by atoms with Crippen molar-refractivity contribution in [3.63, 3.8) is 0 Å². The van der Waals surface area contributed by atoms with E-state index in [1.54, 1.807) is 0 Å². The molecule has 1 aliphatic heterocycles. The fourth-order valence-corrected chi connectivity index (χ4v) is 1.96. The molecular formula is C4H5NO2Se. The first kappa shape index (κ1) is 5.79. The summed E-state index contributed by atoms with van der Waals surface area (Å²) in [5.74, 6) is -0.0324. The van der Waals surface area contributed by atoms with Gasteiger partial charge >= 0.3 is 52.5 Å². The average Bonchev–Trinajstić information content (AvgIpc) is 1.98. The molecular weight excluding hydrogens is 173 g/mol. The quantitative estimate of drug-likeness (QED) is 0.477. The van der Waals surface area contributed by atoms with Gasteiger partial charge in [-0.25, -0.2) is 0 Å². The molecule has 0 N–H and O–H groups in total. The third-order valence-corrected chi connectivity index (χ3v) is 2.88.